The number of ether oxygens (including phenoxy) is 2. The van der Waals surface area contributed by atoms with E-state index < -0.39 is 0 Å². The average molecular weight is 290 g/mol. The van der Waals surface area contributed by atoms with Gasteiger partial charge in [0, 0.05) is 32.9 Å². The highest BCUT2D eigenvalue weighted by molar-refractivity contribution is 6.29. The van der Waals surface area contributed by atoms with Gasteiger partial charge in [-0.3, -0.25) is 0 Å². The molecule has 0 saturated heterocycles. The van der Waals surface area contributed by atoms with Crippen LogP contribution in [0.4, 0.5) is 5.82 Å². The van der Waals surface area contributed by atoms with Crippen molar-refractivity contribution in [2.24, 2.45) is 0 Å². The SMILES string of the molecule is CCOCc1nc(Cl)cc(N(CCO)CCOC)n1. The Balaban J connectivity index is 2.84. The lowest BCUT2D eigenvalue weighted by atomic mass is 10.4. The monoisotopic (exact) mass is 289 g/mol. The first kappa shape index (κ1) is 16.1. The van der Waals surface area contributed by atoms with Gasteiger partial charge in [0.05, 0.1) is 13.2 Å². The molecule has 0 atom stereocenters. The van der Waals surface area contributed by atoms with E-state index in [2.05, 4.69) is 9.97 Å². The molecule has 0 spiro atoms. The third-order valence-electron chi connectivity index (χ3n) is 2.42. The van der Waals surface area contributed by atoms with E-state index in [0.29, 0.717) is 49.7 Å². The molecule has 19 heavy (non-hydrogen) atoms. The van der Waals surface area contributed by atoms with Gasteiger partial charge in [0.2, 0.25) is 0 Å². The molecule has 1 rings (SSSR count). The van der Waals surface area contributed by atoms with Gasteiger partial charge in [0.25, 0.3) is 0 Å². The fourth-order valence-corrected chi connectivity index (χ4v) is 1.73. The minimum Gasteiger partial charge on any atom is -0.395 e. The molecule has 0 aliphatic carbocycles. The number of aliphatic hydroxyl groups is 1. The Bertz CT molecular complexity index is 379. The first-order valence-electron chi connectivity index (χ1n) is 6.17. The number of rotatable bonds is 9. The van der Waals surface area contributed by atoms with Crippen LogP contribution in [-0.2, 0) is 16.1 Å². The number of anilines is 1. The molecular weight excluding hydrogens is 270 g/mol. The van der Waals surface area contributed by atoms with Crippen LogP contribution in [0.15, 0.2) is 6.07 Å². The third kappa shape index (κ3) is 5.69. The number of methoxy groups -OCH3 is 1. The van der Waals surface area contributed by atoms with E-state index in [1.165, 1.54) is 0 Å². The quantitative estimate of drug-likeness (QED) is 0.687. The van der Waals surface area contributed by atoms with Crippen molar-refractivity contribution in [3.63, 3.8) is 0 Å². The summed E-state index contributed by atoms with van der Waals surface area (Å²) in [5.41, 5.74) is 0. The lowest BCUT2D eigenvalue weighted by molar-refractivity contribution is 0.128. The summed E-state index contributed by atoms with van der Waals surface area (Å²) in [4.78, 5) is 10.4. The largest absolute Gasteiger partial charge is 0.395 e. The fourth-order valence-electron chi connectivity index (χ4n) is 1.53. The van der Waals surface area contributed by atoms with E-state index in [-0.39, 0.29) is 6.61 Å². The van der Waals surface area contributed by atoms with Crippen LogP contribution in [0.5, 0.6) is 0 Å². The van der Waals surface area contributed by atoms with Crippen molar-refractivity contribution in [3.8, 4) is 0 Å². The first-order valence-corrected chi connectivity index (χ1v) is 6.55. The Labute approximate surface area is 118 Å². The molecule has 108 valence electrons. The van der Waals surface area contributed by atoms with Crippen LogP contribution in [0.25, 0.3) is 0 Å². The number of halogens is 1. The summed E-state index contributed by atoms with van der Waals surface area (Å²) >= 11 is 5.98. The predicted molar refractivity (Wildman–Crippen MR) is 73.5 cm³/mol. The molecular formula is C12H20ClN3O3. The topological polar surface area (TPSA) is 67.7 Å². The van der Waals surface area contributed by atoms with E-state index in [4.69, 9.17) is 26.2 Å². The Morgan fingerprint density at radius 1 is 1.37 bits per heavy atom. The van der Waals surface area contributed by atoms with E-state index in [1.807, 2.05) is 11.8 Å². The second-order valence-electron chi connectivity index (χ2n) is 3.81. The van der Waals surface area contributed by atoms with E-state index >= 15 is 0 Å². The van der Waals surface area contributed by atoms with E-state index in [0.717, 1.165) is 0 Å². The summed E-state index contributed by atoms with van der Waals surface area (Å²) in [6.45, 7) is 4.48. The van der Waals surface area contributed by atoms with Crippen LogP contribution in [0.1, 0.15) is 12.7 Å². The van der Waals surface area contributed by atoms with Crippen LogP contribution in [0.3, 0.4) is 0 Å². The minimum atomic E-state index is 0.0339. The summed E-state index contributed by atoms with van der Waals surface area (Å²) in [6.07, 6.45) is 0. The Hall–Kier alpha value is -0.950. The molecule has 0 aliphatic heterocycles. The Morgan fingerprint density at radius 3 is 2.79 bits per heavy atom. The predicted octanol–water partition coefficient (Wildman–Crippen LogP) is 1.11. The van der Waals surface area contributed by atoms with Gasteiger partial charge in [0.1, 0.15) is 17.6 Å². The van der Waals surface area contributed by atoms with Crippen molar-refractivity contribution < 1.29 is 14.6 Å². The molecule has 6 nitrogen and oxygen atoms in total. The zero-order valence-electron chi connectivity index (χ0n) is 11.3. The van der Waals surface area contributed by atoms with Crippen molar-refractivity contribution in [1.82, 2.24) is 9.97 Å². The summed E-state index contributed by atoms with van der Waals surface area (Å²) in [7, 11) is 1.63. The van der Waals surface area contributed by atoms with Gasteiger partial charge in [-0.1, -0.05) is 11.6 Å². The highest BCUT2D eigenvalue weighted by Crippen LogP contribution is 2.16. The van der Waals surface area contributed by atoms with E-state index in [9.17, 15) is 0 Å². The van der Waals surface area contributed by atoms with E-state index in [1.54, 1.807) is 13.2 Å². The molecule has 0 fully saturated rings. The van der Waals surface area contributed by atoms with Gasteiger partial charge in [0.15, 0.2) is 5.82 Å². The van der Waals surface area contributed by atoms with Gasteiger partial charge in [-0.05, 0) is 6.92 Å². The Morgan fingerprint density at radius 2 is 2.16 bits per heavy atom. The van der Waals surface area contributed by atoms with Crippen LogP contribution in [-0.4, -0.2) is 55.1 Å². The van der Waals surface area contributed by atoms with Crippen LogP contribution >= 0.6 is 11.6 Å². The highest BCUT2D eigenvalue weighted by atomic mass is 35.5. The maximum atomic E-state index is 9.09. The number of aromatic nitrogens is 2. The van der Waals surface area contributed by atoms with Crippen LogP contribution in [0, 0.1) is 0 Å². The summed E-state index contributed by atoms with van der Waals surface area (Å²) in [6, 6.07) is 1.67. The minimum absolute atomic E-state index is 0.0339. The molecule has 1 aromatic heterocycles. The molecule has 0 bridgehead atoms. The second-order valence-corrected chi connectivity index (χ2v) is 4.19. The standard InChI is InChI=1S/C12H20ClN3O3/c1-3-19-9-11-14-10(13)8-12(15-11)16(4-6-17)5-7-18-2/h8,17H,3-7,9H2,1-2H3. The van der Waals surface area contributed by atoms with Crippen LogP contribution in [0.2, 0.25) is 5.15 Å². The van der Waals surface area contributed by atoms with Crippen molar-refractivity contribution >= 4 is 17.4 Å². The van der Waals surface area contributed by atoms with Gasteiger partial charge in [-0.25, -0.2) is 9.97 Å². The van der Waals surface area contributed by atoms with Gasteiger partial charge in [-0.2, -0.15) is 0 Å². The second kappa shape index (κ2) is 9.03. The van der Waals surface area contributed by atoms with Gasteiger partial charge < -0.3 is 19.5 Å². The fraction of sp³-hybridized carbons (Fsp3) is 0.667. The van der Waals surface area contributed by atoms with Gasteiger partial charge in [-0.15, -0.1) is 0 Å². The number of hydrogen-bond acceptors (Lipinski definition) is 6. The number of nitrogens with zero attached hydrogens (tertiary/aromatic N) is 3. The van der Waals surface area contributed by atoms with Crippen molar-refractivity contribution in [3.05, 3.63) is 17.0 Å². The van der Waals surface area contributed by atoms with Crippen LogP contribution < -0.4 is 4.90 Å². The maximum Gasteiger partial charge on any atom is 0.158 e. The van der Waals surface area contributed by atoms with Gasteiger partial charge >= 0.3 is 0 Å². The molecule has 7 heteroatoms. The highest BCUT2D eigenvalue weighted by Gasteiger charge is 2.11. The molecule has 0 amide bonds. The zero-order chi connectivity index (χ0) is 14.1. The lowest BCUT2D eigenvalue weighted by Gasteiger charge is -2.22. The van der Waals surface area contributed by atoms with Crippen molar-refractivity contribution in [2.45, 2.75) is 13.5 Å². The summed E-state index contributed by atoms with van der Waals surface area (Å²) in [5.74, 6) is 1.20. The van der Waals surface area contributed by atoms with Crippen molar-refractivity contribution in [2.75, 3.05) is 44.9 Å². The number of hydrogen-bond donors (Lipinski definition) is 1. The molecule has 1 N–H and O–H groups in total. The van der Waals surface area contributed by atoms with Crippen molar-refractivity contribution in [1.29, 1.82) is 0 Å². The molecule has 0 aromatic carbocycles. The smallest absolute Gasteiger partial charge is 0.158 e. The molecule has 0 radical (unpaired) electrons. The average Bonchev–Trinajstić information content (AvgIpc) is 2.40. The molecule has 0 saturated carbocycles. The number of aliphatic hydroxyl groups excluding tert-OH is 1. The zero-order valence-corrected chi connectivity index (χ0v) is 12.1. The Kier molecular flexibility index (Phi) is 7.66. The molecule has 1 aromatic rings. The molecule has 0 aliphatic rings. The summed E-state index contributed by atoms with van der Waals surface area (Å²) in [5, 5.41) is 9.45. The maximum absolute atomic E-state index is 9.09. The summed E-state index contributed by atoms with van der Waals surface area (Å²) < 4.78 is 10.3. The third-order valence-corrected chi connectivity index (χ3v) is 2.62. The first-order chi connectivity index (χ1) is 9.21. The molecule has 1 heterocycles. The normalized spacial score (nSPS) is 10.7. The molecule has 0 unspecified atom stereocenters. The lowest BCUT2D eigenvalue weighted by Crippen LogP contribution is -2.31.